The van der Waals surface area contributed by atoms with Crippen molar-refractivity contribution >= 4 is 18.3 Å². The van der Waals surface area contributed by atoms with Gasteiger partial charge in [0, 0.05) is 5.92 Å². The van der Waals surface area contributed by atoms with Crippen molar-refractivity contribution in [3.63, 3.8) is 0 Å². The van der Waals surface area contributed by atoms with Crippen LogP contribution < -0.4 is 10.6 Å². The van der Waals surface area contributed by atoms with Crippen LogP contribution in [-0.2, 0) is 4.79 Å². The summed E-state index contributed by atoms with van der Waals surface area (Å²) >= 11 is 0. The van der Waals surface area contributed by atoms with Crippen molar-refractivity contribution < 1.29 is 4.79 Å². The number of hydrogen-bond donors (Lipinski definition) is 2. The average Bonchev–Trinajstić information content (AvgIpc) is 2.97. The number of halogens is 1. The van der Waals surface area contributed by atoms with Crippen LogP contribution >= 0.6 is 12.4 Å². The number of hydrogen-bond acceptors (Lipinski definition) is 2. The monoisotopic (exact) mass is 322 g/mol. The van der Waals surface area contributed by atoms with E-state index in [4.69, 9.17) is 0 Å². The summed E-state index contributed by atoms with van der Waals surface area (Å²) in [6, 6.07) is 10.7. The summed E-state index contributed by atoms with van der Waals surface area (Å²) in [7, 11) is 0. The summed E-state index contributed by atoms with van der Waals surface area (Å²) in [5.41, 5.74) is 1.26. The zero-order chi connectivity index (χ0) is 14.7. The third-order valence-corrected chi connectivity index (χ3v) is 5.26. The Morgan fingerprint density at radius 1 is 1.14 bits per heavy atom. The van der Waals surface area contributed by atoms with Gasteiger partial charge in [-0.3, -0.25) is 4.79 Å². The van der Waals surface area contributed by atoms with Crippen LogP contribution in [0.4, 0.5) is 0 Å². The molecule has 1 saturated carbocycles. The molecular formula is C18H27ClN2O. The van der Waals surface area contributed by atoms with Crippen molar-refractivity contribution in [3.05, 3.63) is 35.9 Å². The van der Waals surface area contributed by atoms with Crippen LogP contribution in [0.2, 0.25) is 0 Å². The molecule has 3 nitrogen and oxygen atoms in total. The van der Waals surface area contributed by atoms with E-state index >= 15 is 0 Å². The van der Waals surface area contributed by atoms with Gasteiger partial charge in [-0.05, 0) is 43.3 Å². The molecule has 0 bridgehead atoms. The fraction of sp³-hybridized carbons (Fsp3) is 0.611. The third kappa shape index (κ3) is 3.82. The van der Waals surface area contributed by atoms with Crippen LogP contribution in [0, 0.1) is 17.8 Å². The highest BCUT2D eigenvalue weighted by atomic mass is 35.5. The van der Waals surface area contributed by atoms with Crippen molar-refractivity contribution in [2.45, 2.75) is 38.6 Å². The molecule has 0 aromatic heterocycles. The number of nitrogens with one attached hydrogen (secondary N) is 2. The Kier molecular flexibility index (Phi) is 6.27. The minimum atomic E-state index is 0. The largest absolute Gasteiger partial charge is 0.349 e. The molecule has 1 amide bonds. The van der Waals surface area contributed by atoms with Crippen LogP contribution in [0.1, 0.15) is 44.2 Å². The SMILES string of the molecule is CC(C(=O)NC(c1ccccc1)C1CCCC1)C1CNC1.Cl. The first-order valence-corrected chi connectivity index (χ1v) is 8.31. The molecule has 1 aliphatic carbocycles. The Labute approximate surface area is 139 Å². The maximum Gasteiger partial charge on any atom is 0.223 e. The van der Waals surface area contributed by atoms with Crippen LogP contribution in [0.25, 0.3) is 0 Å². The van der Waals surface area contributed by atoms with Gasteiger partial charge in [0.2, 0.25) is 5.91 Å². The Hall–Kier alpha value is -1.06. The van der Waals surface area contributed by atoms with Gasteiger partial charge < -0.3 is 10.6 Å². The molecule has 2 N–H and O–H groups in total. The Balaban J connectivity index is 0.00000176. The smallest absolute Gasteiger partial charge is 0.223 e. The molecular weight excluding hydrogens is 296 g/mol. The zero-order valence-electron chi connectivity index (χ0n) is 13.3. The van der Waals surface area contributed by atoms with Crippen molar-refractivity contribution in [2.75, 3.05) is 13.1 Å². The minimum absolute atomic E-state index is 0. The molecule has 2 fully saturated rings. The summed E-state index contributed by atoms with van der Waals surface area (Å²) in [5.74, 6) is 1.44. The molecule has 1 saturated heterocycles. The summed E-state index contributed by atoms with van der Waals surface area (Å²) in [6.45, 7) is 4.03. The van der Waals surface area contributed by atoms with Gasteiger partial charge in [0.1, 0.15) is 0 Å². The highest BCUT2D eigenvalue weighted by Crippen LogP contribution is 2.36. The van der Waals surface area contributed by atoms with E-state index in [-0.39, 0.29) is 30.3 Å². The zero-order valence-corrected chi connectivity index (χ0v) is 14.1. The lowest BCUT2D eigenvalue weighted by Crippen LogP contribution is -2.50. The molecule has 0 spiro atoms. The van der Waals surface area contributed by atoms with Gasteiger partial charge in [0.15, 0.2) is 0 Å². The fourth-order valence-electron chi connectivity index (χ4n) is 3.59. The van der Waals surface area contributed by atoms with Gasteiger partial charge in [-0.2, -0.15) is 0 Å². The van der Waals surface area contributed by atoms with E-state index in [1.54, 1.807) is 0 Å². The van der Waals surface area contributed by atoms with Gasteiger partial charge >= 0.3 is 0 Å². The predicted octanol–water partition coefficient (Wildman–Crippen LogP) is 3.31. The first-order valence-electron chi connectivity index (χ1n) is 8.31. The molecule has 2 atom stereocenters. The molecule has 4 heteroatoms. The molecule has 2 unspecified atom stereocenters. The quantitative estimate of drug-likeness (QED) is 0.873. The lowest BCUT2D eigenvalue weighted by Gasteiger charge is -2.34. The maximum absolute atomic E-state index is 12.6. The van der Waals surface area contributed by atoms with Crippen molar-refractivity contribution in [1.82, 2.24) is 10.6 Å². The van der Waals surface area contributed by atoms with Crippen LogP contribution in [0.5, 0.6) is 0 Å². The second-order valence-corrected chi connectivity index (χ2v) is 6.65. The molecule has 122 valence electrons. The first-order chi connectivity index (χ1) is 10.3. The number of carbonyl (C=O) groups excluding carboxylic acids is 1. The van der Waals surface area contributed by atoms with E-state index in [2.05, 4.69) is 41.8 Å². The molecule has 22 heavy (non-hydrogen) atoms. The van der Waals surface area contributed by atoms with Crippen LogP contribution in [-0.4, -0.2) is 19.0 Å². The van der Waals surface area contributed by atoms with Gasteiger partial charge in [-0.25, -0.2) is 0 Å². The Morgan fingerprint density at radius 3 is 2.32 bits per heavy atom. The second-order valence-electron chi connectivity index (χ2n) is 6.65. The number of amides is 1. The van der Waals surface area contributed by atoms with Crippen LogP contribution in [0.3, 0.4) is 0 Å². The lowest BCUT2D eigenvalue weighted by atomic mass is 9.86. The second kappa shape index (κ2) is 7.98. The van der Waals surface area contributed by atoms with E-state index in [9.17, 15) is 4.79 Å². The Bertz CT molecular complexity index is 469. The number of rotatable bonds is 5. The first kappa shape index (κ1) is 17.3. The molecule has 1 aliphatic heterocycles. The van der Waals surface area contributed by atoms with E-state index in [0.717, 1.165) is 13.1 Å². The number of carbonyl (C=O) groups is 1. The van der Waals surface area contributed by atoms with Crippen molar-refractivity contribution in [3.8, 4) is 0 Å². The Morgan fingerprint density at radius 2 is 1.77 bits per heavy atom. The van der Waals surface area contributed by atoms with E-state index in [0.29, 0.717) is 11.8 Å². The average molecular weight is 323 g/mol. The molecule has 3 rings (SSSR count). The fourth-order valence-corrected chi connectivity index (χ4v) is 3.59. The highest BCUT2D eigenvalue weighted by Gasteiger charge is 2.32. The van der Waals surface area contributed by atoms with E-state index in [1.165, 1.54) is 31.2 Å². The third-order valence-electron chi connectivity index (χ3n) is 5.26. The topological polar surface area (TPSA) is 41.1 Å². The molecule has 1 aromatic carbocycles. The summed E-state index contributed by atoms with van der Waals surface area (Å²) < 4.78 is 0. The lowest BCUT2D eigenvalue weighted by molar-refractivity contribution is -0.127. The van der Waals surface area contributed by atoms with Gasteiger partial charge in [0.05, 0.1) is 6.04 Å². The standard InChI is InChI=1S/C18H26N2O.ClH/c1-13(16-11-19-12-16)18(21)20-17(15-9-5-6-10-15)14-7-3-2-4-8-14;/h2-4,7-8,13,15-17,19H,5-6,9-12H2,1H3,(H,20,21);1H. The summed E-state index contributed by atoms with van der Waals surface area (Å²) in [4.78, 5) is 12.6. The van der Waals surface area contributed by atoms with Gasteiger partial charge in [-0.15, -0.1) is 12.4 Å². The molecule has 2 aliphatic rings. The molecule has 0 radical (unpaired) electrons. The minimum Gasteiger partial charge on any atom is -0.349 e. The summed E-state index contributed by atoms with van der Waals surface area (Å²) in [5, 5.41) is 6.61. The number of benzene rings is 1. The molecule has 1 heterocycles. The van der Waals surface area contributed by atoms with E-state index in [1.807, 2.05) is 6.07 Å². The van der Waals surface area contributed by atoms with Crippen molar-refractivity contribution in [1.29, 1.82) is 0 Å². The van der Waals surface area contributed by atoms with E-state index < -0.39 is 0 Å². The van der Waals surface area contributed by atoms with Crippen LogP contribution in [0.15, 0.2) is 30.3 Å². The van der Waals surface area contributed by atoms with Gasteiger partial charge in [0.25, 0.3) is 0 Å². The predicted molar refractivity (Wildman–Crippen MR) is 92.1 cm³/mol. The maximum atomic E-state index is 12.6. The molecule has 1 aromatic rings. The highest BCUT2D eigenvalue weighted by molar-refractivity contribution is 5.85. The van der Waals surface area contributed by atoms with Gasteiger partial charge in [-0.1, -0.05) is 50.1 Å². The van der Waals surface area contributed by atoms with Crippen molar-refractivity contribution in [2.24, 2.45) is 17.8 Å². The normalized spacial score (nSPS) is 21.5. The summed E-state index contributed by atoms with van der Waals surface area (Å²) in [6.07, 6.45) is 5.07.